The smallest absolute Gasteiger partial charge is 0.337 e. The van der Waals surface area contributed by atoms with Gasteiger partial charge in [0.15, 0.2) is 6.61 Å². The van der Waals surface area contributed by atoms with Crippen LogP contribution in [0.25, 0.3) is 0 Å². The average Bonchev–Trinajstić information content (AvgIpc) is 2.48. The fraction of sp³-hybridized carbons (Fsp3) is 0.0714. The van der Waals surface area contributed by atoms with E-state index < -0.39 is 24.0 Å². The number of halogens is 1. The molecular formula is C14H11ClN2O5. The first kappa shape index (κ1) is 15.6. The molecular weight excluding hydrogens is 312 g/mol. The van der Waals surface area contributed by atoms with Crippen LogP contribution in [-0.4, -0.2) is 28.3 Å². The van der Waals surface area contributed by atoms with Crippen LogP contribution in [0.5, 0.6) is 0 Å². The minimum absolute atomic E-state index is 0.127. The molecule has 22 heavy (non-hydrogen) atoms. The third-order valence-electron chi connectivity index (χ3n) is 2.59. The van der Waals surface area contributed by atoms with E-state index in [2.05, 4.69) is 5.32 Å². The number of carboxylic acid groups (broad SMARTS) is 1. The summed E-state index contributed by atoms with van der Waals surface area (Å²) in [5.41, 5.74) is -0.188. The molecule has 0 fully saturated rings. The molecule has 2 aromatic rings. The summed E-state index contributed by atoms with van der Waals surface area (Å²) in [4.78, 5) is 39.0. The van der Waals surface area contributed by atoms with Gasteiger partial charge in [-0.05, 0) is 30.3 Å². The molecule has 0 aliphatic heterocycles. The standard InChI is InChI=1S/C14H11ClN2O5/c15-10-2-4-11(5-3-10)16-12(18)8-22-17-7-9(14(20)21)1-6-13(17)19/h1-7H,8H2,(H,16,18)(H,20,21). The minimum Gasteiger partial charge on any atom is -0.478 e. The zero-order chi connectivity index (χ0) is 16.1. The Balaban J connectivity index is 1.99. The van der Waals surface area contributed by atoms with Gasteiger partial charge in [-0.15, -0.1) is 0 Å². The van der Waals surface area contributed by atoms with Crippen LogP contribution in [0.3, 0.4) is 0 Å². The summed E-state index contributed by atoms with van der Waals surface area (Å²) >= 11 is 5.72. The lowest BCUT2D eigenvalue weighted by atomic mass is 10.3. The molecule has 0 unspecified atom stereocenters. The summed E-state index contributed by atoms with van der Waals surface area (Å²) in [6.07, 6.45) is 1.00. The molecule has 2 rings (SSSR count). The van der Waals surface area contributed by atoms with Gasteiger partial charge in [0.05, 0.1) is 11.8 Å². The van der Waals surface area contributed by atoms with Crippen molar-refractivity contribution in [2.24, 2.45) is 0 Å². The maximum Gasteiger partial charge on any atom is 0.337 e. The van der Waals surface area contributed by atoms with E-state index >= 15 is 0 Å². The molecule has 8 heteroatoms. The van der Waals surface area contributed by atoms with E-state index in [1.54, 1.807) is 24.3 Å². The highest BCUT2D eigenvalue weighted by atomic mass is 35.5. The van der Waals surface area contributed by atoms with Crippen LogP contribution in [0, 0.1) is 0 Å². The second-order valence-corrected chi connectivity index (χ2v) is 4.65. The number of nitrogens with zero attached hydrogens (tertiary/aromatic N) is 1. The first-order chi connectivity index (χ1) is 10.5. The van der Waals surface area contributed by atoms with Crippen molar-refractivity contribution in [2.75, 3.05) is 11.9 Å². The third-order valence-corrected chi connectivity index (χ3v) is 2.84. The van der Waals surface area contributed by atoms with Gasteiger partial charge in [-0.1, -0.05) is 11.6 Å². The van der Waals surface area contributed by atoms with Gasteiger partial charge in [0.2, 0.25) is 0 Å². The number of carboxylic acids is 1. The maximum absolute atomic E-state index is 11.7. The van der Waals surface area contributed by atoms with Gasteiger partial charge in [0, 0.05) is 16.8 Å². The normalized spacial score (nSPS) is 10.0. The molecule has 0 saturated carbocycles. The number of carbonyl (C=O) groups is 2. The zero-order valence-electron chi connectivity index (χ0n) is 11.2. The highest BCUT2D eigenvalue weighted by Gasteiger charge is 2.08. The largest absolute Gasteiger partial charge is 0.478 e. The van der Waals surface area contributed by atoms with Crippen molar-refractivity contribution in [2.45, 2.75) is 0 Å². The summed E-state index contributed by atoms with van der Waals surface area (Å²) in [5.74, 6) is -1.71. The number of benzene rings is 1. The topological polar surface area (TPSA) is 97.6 Å². The lowest BCUT2D eigenvalue weighted by Gasteiger charge is -2.09. The Hall–Kier alpha value is -2.80. The summed E-state index contributed by atoms with van der Waals surface area (Å²) in [6, 6.07) is 8.63. The number of hydrogen-bond acceptors (Lipinski definition) is 4. The molecule has 0 saturated heterocycles. The predicted molar refractivity (Wildman–Crippen MR) is 79.2 cm³/mol. The number of amides is 1. The molecule has 2 N–H and O–H groups in total. The van der Waals surface area contributed by atoms with Crippen LogP contribution in [0.4, 0.5) is 5.69 Å². The number of aromatic carboxylic acids is 1. The molecule has 114 valence electrons. The van der Waals surface area contributed by atoms with Gasteiger partial charge >= 0.3 is 5.97 Å². The highest BCUT2D eigenvalue weighted by Crippen LogP contribution is 2.12. The number of nitrogens with one attached hydrogen (secondary N) is 1. The van der Waals surface area contributed by atoms with Crippen molar-refractivity contribution in [1.29, 1.82) is 0 Å². The molecule has 0 aliphatic carbocycles. The average molecular weight is 323 g/mol. The number of carbonyl (C=O) groups excluding carboxylic acids is 1. The van der Waals surface area contributed by atoms with E-state index in [4.69, 9.17) is 21.5 Å². The molecule has 1 heterocycles. The van der Waals surface area contributed by atoms with Crippen molar-refractivity contribution in [3.05, 3.63) is 63.5 Å². The van der Waals surface area contributed by atoms with Crippen LogP contribution < -0.4 is 15.7 Å². The summed E-state index contributed by atoms with van der Waals surface area (Å²) < 4.78 is 0.699. The summed E-state index contributed by atoms with van der Waals surface area (Å²) in [6.45, 7) is -0.453. The van der Waals surface area contributed by atoms with E-state index in [9.17, 15) is 14.4 Å². The Morgan fingerprint density at radius 1 is 1.18 bits per heavy atom. The molecule has 1 aromatic heterocycles. The molecule has 1 aromatic carbocycles. The SMILES string of the molecule is O=C(COn1cc(C(=O)O)ccc1=O)Nc1ccc(Cl)cc1. The van der Waals surface area contributed by atoms with Gasteiger partial charge < -0.3 is 15.3 Å². The molecule has 7 nitrogen and oxygen atoms in total. The predicted octanol–water partition coefficient (Wildman–Crippen LogP) is 1.27. The fourth-order valence-corrected chi connectivity index (χ4v) is 1.68. The van der Waals surface area contributed by atoms with Crippen LogP contribution >= 0.6 is 11.6 Å². The monoisotopic (exact) mass is 322 g/mol. The maximum atomic E-state index is 11.7. The van der Waals surface area contributed by atoms with E-state index in [-0.39, 0.29) is 5.56 Å². The van der Waals surface area contributed by atoms with Crippen molar-refractivity contribution >= 4 is 29.2 Å². The van der Waals surface area contributed by atoms with Gasteiger partial charge in [0.1, 0.15) is 0 Å². The molecule has 0 atom stereocenters. The quantitative estimate of drug-likeness (QED) is 0.864. The van der Waals surface area contributed by atoms with Crippen LogP contribution in [0.1, 0.15) is 10.4 Å². The molecule has 0 bridgehead atoms. The Morgan fingerprint density at radius 3 is 2.50 bits per heavy atom. The Kier molecular flexibility index (Phi) is 4.80. The first-order valence-electron chi connectivity index (χ1n) is 6.10. The van der Waals surface area contributed by atoms with E-state index in [1.165, 1.54) is 0 Å². The number of hydrogen-bond donors (Lipinski definition) is 2. The fourth-order valence-electron chi connectivity index (χ4n) is 1.55. The molecule has 0 radical (unpaired) electrons. The summed E-state index contributed by atoms with van der Waals surface area (Å²) in [7, 11) is 0. The van der Waals surface area contributed by atoms with Crippen molar-refractivity contribution in [3.8, 4) is 0 Å². The molecule has 0 spiro atoms. The van der Waals surface area contributed by atoms with E-state index in [0.29, 0.717) is 15.4 Å². The number of aromatic nitrogens is 1. The van der Waals surface area contributed by atoms with Crippen LogP contribution in [0.2, 0.25) is 5.02 Å². The lowest BCUT2D eigenvalue weighted by molar-refractivity contribution is -0.120. The number of anilines is 1. The van der Waals surface area contributed by atoms with Crippen LogP contribution in [0.15, 0.2) is 47.4 Å². The Morgan fingerprint density at radius 2 is 1.86 bits per heavy atom. The van der Waals surface area contributed by atoms with Gasteiger partial charge in [-0.2, -0.15) is 4.73 Å². The van der Waals surface area contributed by atoms with Gasteiger partial charge in [0.25, 0.3) is 11.5 Å². The van der Waals surface area contributed by atoms with Crippen LogP contribution in [-0.2, 0) is 4.79 Å². The van der Waals surface area contributed by atoms with Gasteiger partial charge in [-0.3, -0.25) is 9.59 Å². The zero-order valence-corrected chi connectivity index (χ0v) is 11.9. The van der Waals surface area contributed by atoms with E-state index in [1.807, 2.05) is 0 Å². The van der Waals surface area contributed by atoms with Crippen molar-refractivity contribution in [1.82, 2.24) is 4.73 Å². The second kappa shape index (κ2) is 6.77. The number of pyridine rings is 1. The third kappa shape index (κ3) is 4.10. The Bertz CT molecular complexity index is 755. The first-order valence-corrected chi connectivity index (χ1v) is 6.48. The lowest BCUT2D eigenvalue weighted by Crippen LogP contribution is -2.32. The second-order valence-electron chi connectivity index (χ2n) is 4.22. The summed E-state index contributed by atoms with van der Waals surface area (Å²) in [5, 5.41) is 11.9. The van der Waals surface area contributed by atoms with Crippen molar-refractivity contribution in [3.63, 3.8) is 0 Å². The van der Waals surface area contributed by atoms with Crippen molar-refractivity contribution < 1.29 is 19.5 Å². The number of rotatable bonds is 5. The van der Waals surface area contributed by atoms with E-state index in [0.717, 1.165) is 18.3 Å². The Labute approximate surface area is 129 Å². The minimum atomic E-state index is -1.21. The van der Waals surface area contributed by atoms with Gasteiger partial charge in [-0.25, -0.2) is 4.79 Å². The molecule has 1 amide bonds. The molecule has 0 aliphatic rings. The highest BCUT2D eigenvalue weighted by molar-refractivity contribution is 6.30.